The summed E-state index contributed by atoms with van der Waals surface area (Å²) in [6.45, 7) is 1.88. The second-order valence-electron chi connectivity index (χ2n) is 4.28. The van der Waals surface area contributed by atoms with Crippen LogP contribution in [-0.4, -0.2) is 6.29 Å². The summed E-state index contributed by atoms with van der Waals surface area (Å²) in [5.41, 5.74) is 0.209. The van der Waals surface area contributed by atoms with Crippen LogP contribution in [-0.2, 0) is 6.18 Å². The largest absolute Gasteiger partial charge is 0.457 e. The zero-order chi connectivity index (χ0) is 14.8. The monoisotopic (exact) mass is 280 g/mol. The fourth-order valence-corrected chi connectivity index (χ4v) is 1.63. The number of alkyl halides is 3. The van der Waals surface area contributed by atoms with Crippen LogP contribution in [0.15, 0.2) is 42.5 Å². The SMILES string of the molecule is Cc1ccc(Oc2cc(C(F)(F)F)ccc2C=O)cc1. The van der Waals surface area contributed by atoms with Crippen molar-refractivity contribution < 1.29 is 22.7 Å². The first-order valence-electron chi connectivity index (χ1n) is 5.81. The van der Waals surface area contributed by atoms with Crippen molar-refractivity contribution in [3.05, 3.63) is 59.2 Å². The number of aryl methyl sites for hydroxylation is 1. The van der Waals surface area contributed by atoms with Gasteiger partial charge in [0.25, 0.3) is 0 Å². The molecule has 0 saturated carbocycles. The van der Waals surface area contributed by atoms with Gasteiger partial charge >= 0.3 is 6.18 Å². The van der Waals surface area contributed by atoms with Crippen molar-refractivity contribution in [2.24, 2.45) is 0 Å². The van der Waals surface area contributed by atoms with Gasteiger partial charge in [-0.3, -0.25) is 4.79 Å². The van der Waals surface area contributed by atoms with E-state index in [1.165, 1.54) is 0 Å². The fourth-order valence-electron chi connectivity index (χ4n) is 1.63. The van der Waals surface area contributed by atoms with Crippen LogP contribution in [0.4, 0.5) is 13.2 Å². The molecule has 2 aromatic carbocycles. The normalized spacial score (nSPS) is 11.2. The lowest BCUT2D eigenvalue weighted by Gasteiger charge is -2.12. The molecule has 0 N–H and O–H groups in total. The van der Waals surface area contributed by atoms with Gasteiger partial charge in [0, 0.05) is 0 Å². The Bertz CT molecular complexity index is 616. The van der Waals surface area contributed by atoms with E-state index in [4.69, 9.17) is 4.74 Å². The van der Waals surface area contributed by atoms with Gasteiger partial charge < -0.3 is 4.74 Å². The topological polar surface area (TPSA) is 26.3 Å². The lowest BCUT2D eigenvalue weighted by molar-refractivity contribution is -0.137. The van der Waals surface area contributed by atoms with Crippen LogP contribution in [0.3, 0.4) is 0 Å². The minimum Gasteiger partial charge on any atom is -0.457 e. The summed E-state index contributed by atoms with van der Waals surface area (Å²) in [6.07, 6.45) is -4.02. The summed E-state index contributed by atoms with van der Waals surface area (Å²) in [5.74, 6) is 0.261. The molecule has 0 fully saturated rings. The molecule has 5 heteroatoms. The molecule has 2 rings (SSSR count). The maximum atomic E-state index is 12.7. The van der Waals surface area contributed by atoms with Crippen molar-refractivity contribution in [3.63, 3.8) is 0 Å². The number of benzene rings is 2. The third kappa shape index (κ3) is 3.17. The van der Waals surface area contributed by atoms with Gasteiger partial charge in [0.05, 0.1) is 11.1 Å². The van der Waals surface area contributed by atoms with Crippen LogP contribution in [0.5, 0.6) is 11.5 Å². The lowest BCUT2D eigenvalue weighted by atomic mass is 10.1. The number of hydrogen-bond acceptors (Lipinski definition) is 2. The van der Waals surface area contributed by atoms with Crippen molar-refractivity contribution in [1.29, 1.82) is 0 Å². The Balaban J connectivity index is 2.38. The van der Waals surface area contributed by atoms with Crippen LogP contribution in [0, 0.1) is 6.92 Å². The van der Waals surface area contributed by atoms with E-state index >= 15 is 0 Å². The Morgan fingerprint density at radius 3 is 2.25 bits per heavy atom. The summed E-state index contributed by atoms with van der Waals surface area (Å²) in [4.78, 5) is 10.9. The highest BCUT2D eigenvalue weighted by molar-refractivity contribution is 5.79. The third-order valence-electron chi connectivity index (χ3n) is 2.72. The van der Waals surface area contributed by atoms with Crippen molar-refractivity contribution in [1.82, 2.24) is 0 Å². The highest BCUT2D eigenvalue weighted by Gasteiger charge is 2.31. The molecule has 104 valence electrons. The summed E-state index contributed by atoms with van der Waals surface area (Å²) in [6, 6.07) is 9.57. The molecule has 0 aliphatic heterocycles. The molecule has 2 nitrogen and oxygen atoms in total. The van der Waals surface area contributed by atoms with Gasteiger partial charge in [-0.15, -0.1) is 0 Å². The van der Waals surface area contributed by atoms with E-state index in [9.17, 15) is 18.0 Å². The van der Waals surface area contributed by atoms with E-state index in [2.05, 4.69) is 0 Å². The van der Waals surface area contributed by atoms with E-state index in [1.54, 1.807) is 24.3 Å². The molecule has 0 aliphatic carbocycles. The molecular formula is C15H11F3O2. The standard InChI is InChI=1S/C15H11F3O2/c1-10-2-6-13(7-3-10)20-14-8-12(15(16,17)18)5-4-11(14)9-19/h2-9H,1H3. The van der Waals surface area contributed by atoms with E-state index in [0.717, 1.165) is 23.8 Å². The molecule has 0 amide bonds. The van der Waals surface area contributed by atoms with E-state index in [-0.39, 0.29) is 11.3 Å². The number of carbonyl (C=O) groups is 1. The predicted molar refractivity (Wildman–Crippen MR) is 68.1 cm³/mol. The zero-order valence-electron chi connectivity index (χ0n) is 10.6. The second-order valence-corrected chi connectivity index (χ2v) is 4.28. The fraction of sp³-hybridized carbons (Fsp3) is 0.133. The third-order valence-corrected chi connectivity index (χ3v) is 2.72. The molecule has 20 heavy (non-hydrogen) atoms. The molecule has 0 aliphatic rings. The molecule has 2 aromatic rings. The van der Waals surface area contributed by atoms with Crippen molar-refractivity contribution in [3.8, 4) is 11.5 Å². The Morgan fingerprint density at radius 2 is 1.70 bits per heavy atom. The van der Waals surface area contributed by atoms with Crippen molar-refractivity contribution >= 4 is 6.29 Å². The zero-order valence-corrected chi connectivity index (χ0v) is 10.6. The number of ether oxygens (including phenoxy) is 1. The van der Waals surface area contributed by atoms with Crippen LogP contribution < -0.4 is 4.74 Å². The lowest BCUT2D eigenvalue weighted by Crippen LogP contribution is -2.05. The van der Waals surface area contributed by atoms with Gasteiger partial charge in [-0.25, -0.2) is 0 Å². The molecule has 0 aromatic heterocycles. The van der Waals surface area contributed by atoms with Crippen LogP contribution in [0.25, 0.3) is 0 Å². The van der Waals surface area contributed by atoms with Gasteiger partial charge in [0.1, 0.15) is 11.5 Å². The summed E-state index contributed by atoms with van der Waals surface area (Å²) in [5, 5.41) is 0. The summed E-state index contributed by atoms with van der Waals surface area (Å²) in [7, 11) is 0. The van der Waals surface area contributed by atoms with E-state index in [0.29, 0.717) is 12.0 Å². The Kier molecular flexibility index (Phi) is 3.79. The van der Waals surface area contributed by atoms with Gasteiger partial charge in [0.2, 0.25) is 0 Å². The first-order valence-corrected chi connectivity index (χ1v) is 5.81. The Hall–Kier alpha value is -2.30. The number of carbonyl (C=O) groups excluding carboxylic acids is 1. The average Bonchev–Trinajstić information content (AvgIpc) is 2.40. The minimum atomic E-state index is -4.48. The average molecular weight is 280 g/mol. The highest BCUT2D eigenvalue weighted by Crippen LogP contribution is 2.34. The Labute approximate surface area is 113 Å². The molecular weight excluding hydrogens is 269 g/mol. The van der Waals surface area contributed by atoms with Crippen LogP contribution >= 0.6 is 0 Å². The van der Waals surface area contributed by atoms with Crippen molar-refractivity contribution in [2.75, 3.05) is 0 Å². The van der Waals surface area contributed by atoms with Crippen LogP contribution in [0.2, 0.25) is 0 Å². The van der Waals surface area contributed by atoms with Gasteiger partial charge in [-0.05, 0) is 37.3 Å². The summed E-state index contributed by atoms with van der Waals surface area (Å²) >= 11 is 0. The Morgan fingerprint density at radius 1 is 1.05 bits per heavy atom. The van der Waals surface area contributed by atoms with Gasteiger partial charge in [-0.1, -0.05) is 17.7 Å². The number of halogens is 3. The maximum absolute atomic E-state index is 12.7. The smallest absolute Gasteiger partial charge is 0.416 e. The highest BCUT2D eigenvalue weighted by atomic mass is 19.4. The number of aldehydes is 1. The number of hydrogen-bond donors (Lipinski definition) is 0. The molecule has 0 bridgehead atoms. The van der Waals surface area contributed by atoms with Crippen LogP contribution in [0.1, 0.15) is 21.5 Å². The minimum absolute atomic E-state index is 0.0681. The quantitative estimate of drug-likeness (QED) is 0.767. The first-order chi connectivity index (χ1) is 9.40. The second kappa shape index (κ2) is 5.36. The predicted octanol–water partition coefficient (Wildman–Crippen LogP) is 4.62. The van der Waals surface area contributed by atoms with Crippen molar-refractivity contribution in [2.45, 2.75) is 13.1 Å². The molecule has 0 spiro atoms. The molecule has 0 heterocycles. The molecule has 0 radical (unpaired) electrons. The van der Waals surface area contributed by atoms with E-state index in [1.807, 2.05) is 6.92 Å². The van der Waals surface area contributed by atoms with E-state index < -0.39 is 11.7 Å². The molecule has 0 saturated heterocycles. The van der Waals surface area contributed by atoms with Gasteiger partial charge in [-0.2, -0.15) is 13.2 Å². The molecule has 0 unspecified atom stereocenters. The van der Waals surface area contributed by atoms with Gasteiger partial charge in [0.15, 0.2) is 6.29 Å². The first kappa shape index (κ1) is 14.1. The maximum Gasteiger partial charge on any atom is 0.416 e. The molecule has 0 atom stereocenters. The number of rotatable bonds is 3. The summed E-state index contributed by atoms with van der Waals surface area (Å²) < 4.78 is 43.3.